The number of aromatic nitrogens is 1. The third-order valence-corrected chi connectivity index (χ3v) is 3.11. The number of nitrogens with zero attached hydrogens (tertiary/aromatic N) is 3. The highest BCUT2D eigenvalue weighted by molar-refractivity contribution is 5.44. The van der Waals surface area contributed by atoms with Crippen LogP contribution in [0.5, 0.6) is 0 Å². The van der Waals surface area contributed by atoms with Crippen molar-refractivity contribution >= 4 is 5.69 Å². The molecule has 1 saturated carbocycles. The lowest BCUT2D eigenvalue weighted by Gasteiger charge is -2.18. The number of pyridine rings is 1. The van der Waals surface area contributed by atoms with Crippen LogP contribution in [0.4, 0.5) is 5.69 Å². The number of hydrogen-bond acceptors (Lipinski definition) is 4. The van der Waals surface area contributed by atoms with Gasteiger partial charge in [-0.1, -0.05) is 12.8 Å². The summed E-state index contributed by atoms with van der Waals surface area (Å²) < 4.78 is 0. The first-order chi connectivity index (χ1) is 7.69. The molecule has 1 aromatic heterocycles. The van der Waals surface area contributed by atoms with Crippen LogP contribution in [-0.4, -0.2) is 9.91 Å². The van der Waals surface area contributed by atoms with E-state index in [-0.39, 0.29) is 5.69 Å². The number of hydrogen-bond donors (Lipinski definition) is 0. The van der Waals surface area contributed by atoms with Crippen LogP contribution in [-0.2, 0) is 5.41 Å². The van der Waals surface area contributed by atoms with Gasteiger partial charge < -0.3 is 0 Å². The van der Waals surface area contributed by atoms with E-state index < -0.39 is 10.3 Å². The maximum absolute atomic E-state index is 10.9. The molecule has 2 rings (SSSR count). The lowest BCUT2D eigenvalue weighted by molar-refractivity contribution is -0.386. The van der Waals surface area contributed by atoms with Gasteiger partial charge in [0.15, 0.2) is 0 Å². The zero-order valence-electron chi connectivity index (χ0n) is 8.72. The molecule has 1 fully saturated rings. The minimum absolute atomic E-state index is 0.0362. The van der Waals surface area contributed by atoms with Gasteiger partial charge in [-0.15, -0.1) is 0 Å². The van der Waals surface area contributed by atoms with Crippen LogP contribution in [0.2, 0.25) is 0 Å². The van der Waals surface area contributed by atoms with Crippen LogP contribution >= 0.6 is 0 Å². The van der Waals surface area contributed by atoms with Crippen LogP contribution in [0.15, 0.2) is 18.3 Å². The second-order valence-electron chi connectivity index (χ2n) is 4.03. The summed E-state index contributed by atoms with van der Waals surface area (Å²) >= 11 is 0. The molecule has 5 heteroatoms. The molecule has 0 atom stereocenters. The second kappa shape index (κ2) is 3.89. The van der Waals surface area contributed by atoms with Crippen molar-refractivity contribution in [1.29, 1.82) is 5.26 Å². The van der Waals surface area contributed by atoms with Gasteiger partial charge in [0.25, 0.3) is 5.69 Å². The highest BCUT2D eigenvalue weighted by atomic mass is 16.6. The Morgan fingerprint density at radius 2 is 2.19 bits per heavy atom. The van der Waals surface area contributed by atoms with Crippen molar-refractivity contribution in [1.82, 2.24) is 4.98 Å². The molecular formula is C11H11N3O2. The van der Waals surface area contributed by atoms with Crippen LogP contribution in [0.3, 0.4) is 0 Å². The lowest BCUT2D eigenvalue weighted by Crippen LogP contribution is -2.22. The molecule has 0 saturated heterocycles. The minimum atomic E-state index is -0.746. The number of rotatable bonds is 2. The van der Waals surface area contributed by atoms with Crippen molar-refractivity contribution < 1.29 is 4.92 Å². The molecule has 0 unspecified atom stereocenters. The number of nitriles is 1. The molecule has 0 aromatic carbocycles. The smallest absolute Gasteiger partial charge is 0.258 e. The van der Waals surface area contributed by atoms with Gasteiger partial charge >= 0.3 is 0 Å². The Kier molecular flexibility index (Phi) is 2.57. The van der Waals surface area contributed by atoms with E-state index in [4.69, 9.17) is 0 Å². The first kappa shape index (κ1) is 10.6. The summed E-state index contributed by atoms with van der Waals surface area (Å²) in [7, 11) is 0. The molecule has 1 aromatic rings. The molecule has 16 heavy (non-hydrogen) atoms. The Morgan fingerprint density at radius 3 is 2.75 bits per heavy atom. The summed E-state index contributed by atoms with van der Waals surface area (Å²) in [5.41, 5.74) is -0.449. The Bertz CT molecular complexity index is 459. The Labute approximate surface area is 92.9 Å². The van der Waals surface area contributed by atoms with Crippen LogP contribution in [0.1, 0.15) is 31.4 Å². The summed E-state index contributed by atoms with van der Waals surface area (Å²) in [6.07, 6.45) is 4.71. The highest BCUT2D eigenvalue weighted by Gasteiger charge is 2.41. The van der Waals surface area contributed by atoms with Gasteiger partial charge in [-0.3, -0.25) is 15.1 Å². The first-order valence-electron chi connectivity index (χ1n) is 5.21. The molecule has 0 N–H and O–H groups in total. The standard InChI is InChI=1S/C11H11N3O2/c12-8-11(5-1-2-6-11)10-9(14(15)16)4-3-7-13-10/h3-4,7H,1-2,5-6H2. The molecule has 0 amide bonds. The zero-order chi connectivity index (χ0) is 11.6. The minimum Gasteiger partial charge on any atom is -0.258 e. The Morgan fingerprint density at radius 1 is 1.50 bits per heavy atom. The summed E-state index contributed by atoms with van der Waals surface area (Å²) in [6, 6.07) is 5.17. The van der Waals surface area contributed by atoms with E-state index in [1.165, 1.54) is 18.3 Å². The fourth-order valence-electron chi connectivity index (χ4n) is 2.29. The van der Waals surface area contributed by atoms with E-state index in [1.54, 1.807) is 0 Å². The summed E-state index contributed by atoms with van der Waals surface area (Å²) in [4.78, 5) is 14.5. The monoisotopic (exact) mass is 217 g/mol. The predicted molar refractivity (Wildman–Crippen MR) is 56.7 cm³/mol. The van der Waals surface area contributed by atoms with Gasteiger partial charge in [-0.2, -0.15) is 5.26 Å². The molecule has 82 valence electrons. The van der Waals surface area contributed by atoms with E-state index in [0.29, 0.717) is 18.5 Å². The molecule has 0 spiro atoms. The zero-order valence-corrected chi connectivity index (χ0v) is 8.72. The van der Waals surface area contributed by atoms with Crippen molar-refractivity contribution in [3.63, 3.8) is 0 Å². The fourth-order valence-corrected chi connectivity index (χ4v) is 2.29. The summed E-state index contributed by atoms with van der Waals surface area (Å²) in [5, 5.41) is 20.2. The van der Waals surface area contributed by atoms with Gasteiger partial charge in [-0.25, -0.2) is 0 Å². The molecule has 5 nitrogen and oxygen atoms in total. The van der Waals surface area contributed by atoms with Gasteiger partial charge in [0, 0.05) is 12.3 Å². The molecule has 1 aliphatic rings. The third kappa shape index (κ3) is 1.52. The largest absolute Gasteiger partial charge is 0.292 e. The van der Waals surface area contributed by atoms with Gasteiger partial charge in [0.05, 0.1) is 11.0 Å². The van der Waals surface area contributed by atoms with Crippen LogP contribution in [0, 0.1) is 21.4 Å². The van der Waals surface area contributed by atoms with Crippen molar-refractivity contribution in [2.75, 3.05) is 0 Å². The Hall–Kier alpha value is -1.96. The van der Waals surface area contributed by atoms with Crippen molar-refractivity contribution in [2.45, 2.75) is 31.1 Å². The van der Waals surface area contributed by atoms with Crippen molar-refractivity contribution in [3.05, 3.63) is 34.1 Å². The quantitative estimate of drug-likeness (QED) is 0.562. The predicted octanol–water partition coefficient (Wildman–Crippen LogP) is 2.33. The maximum Gasteiger partial charge on any atom is 0.292 e. The van der Waals surface area contributed by atoms with E-state index >= 15 is 0 Å². The van der Waals surface area contributed by atoms with Gasteiger partial charge in [0.2, 0.25) is 0 Å². The van der Waals surface area contributed by atoms with E-state index in [9.17, 15) is 15.4 Å². The SMILES string of the molecule is N#CC1(c2ncccc2[N+](=O)[O-])CCCC1. The van der Waals surface area contributed by atoms with Crippen LogP contribution in [0.25, 0.3) is 0 Å². The Balaban J connectivity index is 2.55. The average Bonchev–Trinajstić information content (AvgIpc) is 2.78. The second-order valence-corrected chi connectivity index (χ2v) is 4.03. The molecular weight excluding hydrogens is 206 g/mol. The van der Waals surface area contributed by atoms with Gasteiger partial charge in [0.1, 0.15) is 11.1 Å². The molecule has 1 aliphatic carbocycles. The highest BCUT2D eigenvalue weighted by Crippen LogP contribution is 2.42. The molecule has 0 radical (unpaired) electrons. The number of nitro groups is 1. The first-order valence-corrected chi connectivity index (χ1v) is 5.21. The topological polar surface area (TPSA) is 79.8 Å². The van der Waals surface area contributed by atoms with E-state index in [2.05, 4.69) is 11.1 Å². The maximum atomic E-state index is 10.9. The average molecular weight is 217 g/mol. The summed E-state index contributed by atoms with van der Waals surface area (Å²) in [5.74, 6) is 0. The lowest BCUT2D eigenvalue weighted by atomic mass is 9.83. The van der Waals surface area contributed by atoms with Crippen molar-refractivity contribution in [2.24, 2.45) is 0 Å². The van der Waals surface area contributed by atoms with E-state index in [1.807, 2.05) is 0 Å². The normalized spacial score (nSPS) is 17.9. The summed E-state index contributed by atoms with van der Waals surface area (Å²) in [6.45, 7) is 0. The molecule has 0 bridgehead atoms. The van der Waals surface area contributed by atoms with Crippen molar-refractivity contribution in [3.8, 4) is 6.07 Å². The third-order valence-electron chi connectivity index (χ3n) is 3.11. The fraction of sp³-hybridized carbons (Fsp3) is 0.455. The van der Waals surface area contributed by atoms with Gasteiger partial charge in [-0.05, 0) is 18.9 Å². The van der Waals surface area contributed by atoms with E-state index in [0.717, 1.165) is 12.8 Å². The van der Waals surface area contributed by atoms with Crippen LogP contribution < -0.4 is 0 Å². The molecule has 0 aliphatic heterocycles. The molecule has 1 heterocycles.